The van der Waals surface area contributed by atoms with E-state index in [0.29, 0.717) is 28.5 Å². The first-order valence-electron chi connectivity index (χ1n) is 6.04. The van der Waals surface area contributed by atoms with Crippen LogP contribution < -0.4 is 15.2 Å². The molecule has 0 aliphatic heterocycles. The second-order valence-electron chi connectivity index (χ2n) is 4.14. The number of hydrogen-bond donors (Lipinski definition) is 1. The maximum Gasteiger partial charge on any atom is 0.337 e. The molecule has 0 atom stereocenters. The summed E-state index contributed by atoms with van der Waals surface area (Å²) in [5, 5.41) is 0. The maximum absolute atomic E-state index is 11.4. The van der Waals surface area contributed by atoms with Gasteiger partial charge in [0.15, 0.2) is 0 Å². The van der Waals surface area contributed by atoms with Gasteiger partial charge in [-0.1, -0.05) is 0 Å². The van der Waals surface area contributed by atoms with Crippen molar-refractivity contribution in [3.05, 3.63) is 46.4 Å². The first kappa shape index (κ1) is 15.2. The third kappa shape index (κ3) is 3.46. The Labute approximate surface area is 130 Å². The van der Waals surface area contributed by atoms with Crippen molar-refractivity contribution in [2.75, 3.05) is 20.0 Å². The van der Waals surface area contributed by atoms with E-state index in [9.17, 15) is 4.79 Å². The molecule has 0 spiro atoms. The lowest BCUT2D eigenvalue weighted by Gasteiger charge is -2.11. The number of halogens is 1. The minimum absolute atomic E-state index is 0.348. The number of methoxy groups -OCH3 is 2. The van der Waals surface area contributed by atoms with Gasteiger partial charge in [0.05, 0.1) is 29.9 Å². The molecular formula is C15H14BrNO4. The average Bonchev–Trinajstić information content (AvgIpc) is 2.50. The number of rotatable bonds is 4. The Morgan fingerprint density at radius 2 is 1.81 bits per heavy atom. The summed E-state index contributed by atoms with van der Waals surface area (Å²) in [5.41, 5.74) is 6.61. The van der Waals surface area contributed by atoms with E-state index in [4.69, 9.17) is 15.2 Å². The number of nitrogens with two attached hydrogens (primary N) is 1. The average molecular weight is 352 g/mol. The van der Waals surface area contributed by atoms with Gasteiger partial charge in [0.1, 0.15) is 17.2 Å². The summed E-state index contributed by atoms with van der Waals surface area (Å²) in [7, 11) is 2.91. The minimum Gasteiger partial charge on any atom is -0.497 e. The molecule has 0 aliphatic carbocycles. The number of benzene rings is 2. The van der Waals surface area contributed by atoms with E-state index in [1.54, 1.807) is 37.4 Å². The fourth-order valence-corrected chi connectivity index (χ4v) is 2.13. The van der Waals surface area contributed by atoms with Crippen LogP contribution in [0.25, 0.3) is 0 Å². The zero-order chi connectivity index (χ0) is 15.4. The molecule has 0 heterocycles. The van der Waals surface area contributed by atoms with Crippen LogP contribution in [0, 0.1) is 0 Å². The molecule has 2 rings (SSSR count). The molecule has 0 saturated carbocycles. The van der Waals surface area contributed by atoms with Gasteiger partial charge in [-0.3, -0.25) is 0 Å². The largest absolute Gasteiger partial charge is 0.497 e. The van der Waals surface area contributed by atoms with Crippen LogP contribution in [0.5, 0.6) is 17.2 Å². The second kappa shape index (κ2) is 6.49. The summed E-state index contributed by atoms with van der Waals surface area (Å²) in [4.78, 5) is 11.4. The highest BCUT2D eigenvalue weighted by molar-refractivity contribution is 9.10. The lowest BCUT2D eigenvalue weighted by molar-refractivity contribution is 0.0601. The van der Waals surface area contributed by atoms with Gasteiger partial charge >= 0.3 is 5.97 Å². The van der Waals surface area contributed by atoms with Crippen LogP contribution in [0.4, 0.5) is 5.69 Å². The SMILES string of the molecule is COC(=O)c1ccc(Oc2ccc(OC)cc2Br)c(N)c1. The normalized spacial score (nSPS) is 10.0. The van der Waals surface area contributed by atoms with Crippen molar-refractivity contribution in [1.82, 2.24) is 0 Å². The van der Waals surface area contributed by atoms with Crippen molar-refractivity contribution in [3.8, 4) is 17.2 Å². The lowest BCUT2D eigenvalue weighted by Crippen LogP contribution is -2.02. The fraction of sp³-hybridized carbons (Fsp3) is 0.133. The highest BCUT2D eigenvalue weighted by Crippen LogP contribution is 2.35. The van der Waals surface area contributed by atoms with Crippen LogP contribution in [-0.2, 0) is 4.74 Å². The molecule has 0 bridgehead atoms. The molecule has 0 unspecified atom stereocenters. The Morgan fingerprint density at radius 3 is 2.38 bits per heavy atom. The molecule has 110 valence electrons. The van der Waals surface area contributed by atoms with Gasteiger partial charge < -0.3 is 19.9 Å². The van der Waals surface area contributed by atoms with Crippen LogP contribution >= 0.6 is 15.9 Å². The van der Waals surface area contributed by atoms with Gasteiger partial charge in [0.25, 0.3) is 0 Å². The molecule has 0 fully saturated rings. The molecule has 0 aromatic heterocycles. The van der Waals surface area contributed by atoms with Crippen LogP contribution in [-0.4, -0.2) is 20.2 Å². The maximum atomic E-state index is 11.4. The first-order chi connectivity index (χ1) is 10.0. The Hall–Kier alpha value is -2.21. The second-order valence-corrected chi connectivity index (χ2v) is 5.00. The van der Waals surface area contributed by atoms with Gasteiger partial charge in [-0.05, 0) is 52.3 Å². The summed E-state index contributed by atoms with van der Waals surface area (Å²) in [6, 6.07) is 10.1. The van der Waals surface area contributed by atoms with E-state index >= 15 is 0 Å². The van der Waals surface area contributed by atoms with Crippen molar-refractivity contribution in [2.45, 2.75) is 0 Å². The van der Waals surface area contributed by atoms with E-state index < -0.39 is 5.97 Å². The topological polar surface area (TPSA) is 70.8 Å². The van der Waals surface area contributed by atoms with Crippen molar-refractivity contribution in [2.24, 2.45) is 0 Å². The number of hydrogen-bond acceptors (Lipinski definition) is 5. The minimum atomic E-state index is -0.445. The Bertz CT molecular complexity index is 673. The van der Waals surface area contributed by atoms with Crippen LogP contribution in [0.1, 0.15) is 10.4 Å². The highest BCUT2D eigenvalue weighted by Gasteiger charge is 2.11. The zero-order valence-corrected chi connectivity index (χ0v) is 13.1. The number of ether oxygens (including phenoxy) is 3. The molecule has 0 saturated heterocycles. The Kier molecular flexibility index (Phi) is 4.70. The summed E-state index contributed by atoms with van der Waals surface area (Å²) < 4.78 is 16.2. The molecular weight excluding hydrogens is 338 g/mol. The molecule has 0 aliphatic rings. The third-order valence-corrected chi connectivity index (χ3v) is 3.41. The number of nitrogen functional groups attached to an aromatic ring is 1. The fourth-order valence-electron chi connectivity index (χ4n) is 1.70. The monoisotopic (exact) mass is 351 g/mol. The quantitative estimate of drug-likeness (QED) is 0.672. The van der Waals surface area contributed by atoms with Crippen molar-refractivity contribution < 1.29 is 19.0 Å². The Morgan fingerprint density at radius 1 is 1.10 bits per heavy atom. The molecule has 0 amide bonds. The van der Waals surface area contributed by atoms with Crippen molar-refractivity contribution in [1.29, 1.82) is 0 Å². The van der Waals surface area contributed by atoms with Crippen LogP contribution in [0.3, 0.4) is 0 Å². The first-order valence-corrected chi connectivity index (χ1v) is 6.83. The summed E-state index contributed by atoms with van der Waals surface area (Å²) in [6.07, 6.45) is 0. The van der Waals surface area contributed by atoms with E-state index in [1.807, 2.05) is 0 Å². The molecule has 0 radical (unpaired) electrons. The number of carbonyl (C=O) groups excluding carboxylic acids is 1. The van der Waals surface area contributed by atoms with Crippen LogP contribution in [0.2, 0.25) is 0 Å². The van der Waals surface area contributed by atoms with Gasteiger partial charge in [-0.15, -0.1) is 0 Å². The smallest absolute Gasteiger partial charge is 0.337 e. The molecule has 2 aromatic carbocycles. The van der Waals surface area contributed by atoms with Gasteiger partial charge in [0, 0.05) is 0 Å². The number of carbonyl (C=O) groups is 1. The highest BCUT2D eigenvalue weighted by atomic mass is 79.9. The molecule has 6 heteroatoms. The molecule has 2 aromatic rings. The van der Waals surface area contributed by atoms with Gasteiger partial charge in [-0.2, -0.15) is 0 Å². The predicted octanol–water partition coefficient (Wildman–Crippen LogP) is 3.62. The number of anilines is 1. The van der Waals surface area contributed by atoms with Crippen LogP contribution in [0.15, 0.2) is 40.9 Å². The lowest BCUT2D eigenvalue weighted by atomic mass is 10.2. The molecule has 21 heavy (non-hydrogen) atoms. The van der Waals surface area contributed by atoms with E-state index in [1.165, 1.54) is 13.2 Å². The number of esters is 1. The standard InChI is InChI=1S/C15H14BrNO4/c1-19-10-4-6-13(11(16)8-10)21-14-5-3-9(7-12(14)17)15(18)20-2/h3-8H,17H2,1-2H3. The third-order valence-electron chi connectivity index (χ3n) is 2.79. The zero-order valence-electron chi connectivity index (χ0n) is 11.6. The van der Waals surface area contributed by atoms with E-state index in [2.05, 4.69) is 20.7 Å². The predicted molar refractivity (Wildman–Crippen MR) is 83.0 cm³/mol. The van der Waals surface area contributed by atoms with Crippen molar-refractivity contribution >= 4 is 27.6 Å². The van der Waals surface area contributed by atoms with Crippen molar-refractivity contribution in [3.63, 3.8) is 0 Å². The summed E-state index contributed by atoms with van der Waals surface area (Å²) in [6.45, 7) is 0. The van der Waals surface area contributed by atoms with E-state index in [0.717, 1.165) is 4.47 Å². The Balaban J connectivity index is 2.26. The molecule has 2 N–H and O–H groups in total. The summed E-state index contributed by atoms with van der Waals surface area (Å²) in [5.74, 6) is 1.31. The van der Waals surface area contributed by atoms with Gasteiger partial charge in [-0.25, -0.2) is 4.79 Å². The summed E-state index contributed by atoms with van der Waals surface area (Å²) >= 11 is 3.40. The van der Waals surface area contributed by atoms with E-state index in [-0.39, 0.29) is 0 Å². The van der Waals surface area contributed by atoms with Gasteiger partial charge in [0.2, 0.25) is 0 Å². The molecule has 5 nitrogen and oxygen atoms in total.